The van der Waals surface area contributed by atoms with Gasteiger partial charge in [-0.3, -0.25) is 0 Å². The van der Waals surface area contributed by atoms with Gasteiger partial charge in [-0.2, -0.15) is 0 Å². The lowest BCUT2D eigenvalue weighted by molar-refractivity contribution is -0.0166. The molecule has 17 heavy (non-hydrogen) atoms. The van der Waals surface area contributed by atoms with E-state index in [-0.39, 0.29) is 12.1 Å². The quantitative estimate of drug-likeness (QED) is 0.807. The van der Waals surface area contributed by atoms with Gasteiger partial charge in [-0.05, 0) is 45.4 Å². The average molecular weight is 241 g/mol. The van der Waals surface area contributed by atoms with Crippen molar-refractivity contribution >= 4 is 6.09 Å². The third kappa shape index (κ3) is 3.12. The summed E-state index contributed by atoms with van der Waals surface area (Å²) < 4.78 is 11.0. The second-order valence-electron chi connectivity index (χ2n) is 6.10. The monoisotopic (exact) mass is 241 g/mol. The molecule has 0 radical (unpaired) electrons. The lowest BCUT2D eigenvalue weighted by atomic mass is 10.0. The Bertz CT molecular complexity index is 298. The highest BCUT2D eigenvalue weighted by Crippen LogP contribution is 2.48. The highest BCUT2D eigenvalue weighted by atomic mass is 16.6. The number of carbonyl (C=O) groups is 1. The van der Waals surface area contributed by atoms with E-state index in [1.165, 1.54) is 6.42 Å². The number of hydrogen-bond donors (Lipinski definition) is 1. The summed E-state index contributed by atoms with van der Waals surface area (Å²) in [7, 11) is 0. The molecule has 1 heterocycles. The van der Waals surface area contributed by atoms with Crippen molar-refractivity contribution in [2.24, 2.45) is 11.8 Å². The molecular weight excluding hydrogens is 218 g/mol. The Hall–Kier alpha value is -0.770. The Kier molecular flexibility index (Phi) is 3.34. The maximum absolute atomic E-state index is 11.7. The zero-order valence-corrected chi connectivity index (χ0v) is 11.2. The third-order valence-corrected chi connectivity index (χ3v) is 3.48. The Labute approximate surface area is 103 Å². The number of amides is 1. The second-order valence-corrected chi connectivity index (χ2v) is 6.10. The Balaban J connectivity index is 1.80. The maximum Gasteiger partial charge on any atom is 0.407 e. The Morgan fingerprint density at radius 3 is 2.71 bits per heavy atom. The summed E-state index contributed by atoms with van der Waals surface area (Å²) >= 11 is 0. The van der Waals surface area contributed by atoms with Crippen molar-refractivity contribution in [1.82, 2.24) is 5.32 Å². The average Bonchev–Trinajstić information content (AvgIpc) is 2.95. The summed E-state index contributed by atoms with van der Waals surface area (Å²) in [6.07, 6.45) is 2.32. The van der Waals surface area contributed by atoms with Crippen LogP contribution in [0.2, 0.25) is 0 Å². The fourth-order valence-electron chi connectivity index (χ4n) is 2.63. The molecule has 1 amide bonds. The number of alkyl carbamates (subject to hydrolysis) is 1. The molecule has 1 aliphatic carbocycles. The van der Waals surface area contributed by atoms with Crippen molar-refractivity contribution in [3.63, 3.8) is 0 Å². The van der Waals surface area contributed by atoms with Gasteiger partial charge in [0.25, 0.3) is 0 Å². The molecule has 0 aromatic rings. The van der Waals surface area contributed by atoms with E-state index >= 15 is 0 Å². The largest absolute Gasteiger partial charge is 0.444 e. The van der Waals surface area contributed by atoms with Gasteiger partial charge in [0.2, 0.25) is 0 Å². The van der Waals surface area contributed by atoms with Gasteiger partial charge in [0.05, 0.1) is 18.8 Å². The molecule has 1 saturated carbocycles. The molecule has 4 atom stereocenters. The van der Waals surface area contributed by atoms with E-state index in [4.69, 9.17) is 9.47 Å². The maximum atomic E-state index is 11.7. The normalized spacial score (nSPS) is 36.0. The van der Waals surface area contributed by atoms with Gasteiger partial charge in [0, 0.05) is 0 Å². The van der Waals surface area contributed by atoms with E-state index < -0.39 is 5.60 Å². The fourth-order valence-corrected chi connectivity index (χ4v) is 2.63. The number of rotatable bonds is 2. The van der Waals surface area contributed by atoms with Crippen LogP contribution in [0.5, 0.6) is 0 Å². The van der Waals surface area contributed by atoms with E-state index in [1.807, 2.05) is 20.8 Å². The predicted octanol–water partition coefficient (Wildman–Crippen LogP) is 2.32. The van der Waals surface area contributed by atoms with Gasteiger partial charge >= 0.3 is 6.09 Å². The van der Waals surface area contributed by atoms with Crippen LogP contribution in [0, 0.1) is 11.8 Å². The summed E-state index contributed by atoms with van der Waals surface area (Å²) in [6, 6.07) is 0.137. The van der Waals surface area contributed by atoms with E-state index in [0.717, 1.165) is 6.42 Å². The molecule has 1 N–H and O–H groups in total. The minimum atomic E-state index is -0.436. The molecule has 0 aromatic heterocycles. The van der Waals surface area contributed by atoms with Crippen LogP contribution in [0.15, 0.2) is 0 Å². The van der Waals surface area contributed by atoms with Crippen molar-refractivity contribution in [1.29, 1.82) is 0 Å². The van der Waals surface area contributed by atoms with E-state index in [9.17, 15) is 4.79 Å². The first kappa shape index (κ1) is 12.7. The van der Waals surface area contributed by atoms with Crippen LogP contribution >= 0.6 is 0 Å². The van der Waals surface area contributed by atoms with E-state index in [0.29, 0.717) is 24.5 Å². The summed E-state index contributed by atoms with van der Waals surface area (Å²) in [4.78, 5) is 11.7. The van der Waals surface area contributed by atoms with Gasteiger partial charge in [0.1, 0.15) is 5.60 Å². The minimum absolute atomic E-state index is 0.137. The van der Waals surface area contributed by atoms with Crippen LogP contribution in [0.25, 0.3) is 0 Å². The van der Waals surface area contributed by atoms with Gasteiger partial charge in [-0.15, -0.1) is 0 Å². The van der Waals surface area contributed by atoms with Gasteiger partial charge < -0.3 is 14.8 Å². The molecule has 2 rings (SSSR count). The third-order valence-electron chi connectivity index (χ3n) is 3.48. The first-order valence-electron chi connectivity index (χ1n) is 6.52. The Morgan fingerprint density at radius 2 is 2.12 bits per heavy atom. The van der Waals surface area contributed by atoms with Crippen molar-refractivity contribution in [3.05, 3.63) is 0 Å². The molecule has 1 saturated heterocycles. The van der Waals surface area contributed by atoms with Crippen LogP contribution < -0.4 is 5.32 Å². The highest BCUT2D eigenvalue weighted by Gasteiger charge is 2.51. The molecular formula is C13H23NO3. The SMILES string of the molecule is CC[C@H]1OC[C@H](NC(=O)OC(C)(C)C)C2CC21. The van der Waals surface area contributed by atoms with Crippen LogP contribution in [-0.2, 0) is 9.47 Å². The minimum Gasteiger partial charge on any atom is -0.444 e. The highest BCUT2D eigenvalue weighted by molar-refractivity contribution is 5.68. The van der Waals surface area contributed by atoms with Crippen LogP contribution in [0.1, 0.15) is 40.5 Å². The molecule has 4 nitrogen and oxygen atoms in total. The van der Waals surface area contributed by atoms with Crippen LogP contribution in [0.4, 0.5) is 4.79 Å². The summed E-state index contributed by atoms with van der Waals surface area (Å²) in [5, 5.41) is 2.93. The van der Waals surface area contributed by atoms with Crippen molar-refractivity contribution in [3.8, 4) is 0 Å². The number of fused-ring (bicyclic) bond motifs is 1. The Morgan fingerprint density at radius 1 is 1.41 bits per heavy atom. The molecule has 4 heteroatoms. The number of nitrogens with one attached hydrogen (secondary N) is 1. The number of ether oxygens (including phenoxy) is 2. The molecule has 0 bridgehead atoms. The molecule has 1 aliphatic heterocycles. The van der Waals surface area contributed by atoms with Crippen molar-refractivity contribution in [2.45, 2.75) is 58.3 Å². The number of hydrogen-bond acceptors (Lipinski definition) is 3. The lowest BCUT2D eigenvalue weighted by Crippen LogP contribution is -2.46. The zero-order chi connectivity index (χ0) is 12.6. The molecule has 2 unspecified atom stereocenters. The molecule has 0 aromatic carbocycles. The summed E-state index contributed by atoms with van der Waals surface area (Å²) in [6.45, 7) is 8.39. The first-order chi connectivity index (χ1) is 7.90. The summed E-state index contributed by atoms with van der Waals surface area (Å²) in [5.74, 6) is 1.25. The van der Waals surface area contributed by atoms with Crippen LogP contribution in [-0.4, -0.2) is 30.4 Å². The molecule has 0 spiro atoms. The van der Waals surface area contributed by atoms with Gasteiger partial charge in [-0.25, -0.2) is 4.79 Å². The summed E-state index contributed by atoms with van der Waals surface area (Å²) in [5.41, 5.74) is -0.436. The molecule has 2 aliphatic rings. The second kappa shape index (κ2) is 4.48. The zero-order valence-electron chi connectivity index (χ0n) is 11.2. The predicted molar refractivity (Wildman–Crippen MR) is 64.8 cm³/mol. The smallest absolute Gasteiger partial charge is 0.407 e. The first-order valence-corrected chi connectivity index (χ1v) is 6.52. The van der Waals surface area contributed by atoms with Gasteiger partial charge in [0.15, 0.2) is 0 Å². The van der Waals surface area contributed by atoms with Gasteiger partial charge in [-0.1, -0.05) is 6.92 Å². The lowest BCUT2D eigenvalue weighted by Gasteiger charge is -2.29. The van der Waals surface area contributed by atoms with Crippen molar-refractivity contribution < 1.29 is 14.3 Å². The molecule has 2 fully saturated rings. The fraction of sp³-hybridized carbons (Fsp3) is 0.923. The number of carbonyl (C=O) groups excluding carboxylic acids is 1. The van der Waals surface area contributed by atoms with Crippen LogP contribution in [0.3, 0.4) is 0 Å². The van der Waals surface area contributed by atoms with E-state index in [2.05, 4.69) is 12.2 Å². The topological polar surface area (TPSA) is 47.6 Å². The standard InChI is InChI=1S/C13H23NO3/c1-5-11-9-6-8(9)10(7-16-11)14-12(15)17-13(2,3)4/h8-11H,5-7H2,1-4H3,(H,14,15)/t8?,9?,10-,11+/m0/s1. The van der Waals surface area contributed by atoms with Crippen molar-refractivity contribution in [2.75, 3.05) is 6.61 Å². The van der Waals surface area contributed by atoms with E-state index in [1.54, 1.807) is 0 Å². The molecule has 98 valence electrons.